The third-order valence-electron chi connectivity index (χ3n) is 9.57. The first-order valence-electron chi connectivity index (χ1n) is 16.5. The Hall–Kier alpha value is -3.77. The number of carbonyl (C=O) groups is 3. The molecule has 2 aliphatic rings. The van der Waals surface area contributed by atoms with Crippen LogP contribution in [0, 0.1) is 18.3 Å². The number of ketones is 1. The Kier molecular flexibility index (Phi) is 10.9. The van der Waals surface area contributed by atoms with Gasteiger partial charge in [-0.15, -0.1) is 23.7 Å². The van der Waals surface area contributed by atoms with Crippen molar-refractivity contribution in [2.24, 2.45) is 17.1 Å². The molecular formula is C37H45ClN4O6S. The number of aliphatic hydroxyl groups is 1. The van der Waals surface area contributed by atoms with E-state index in [1.807, 2.05) is 76.5 Å². The zero-order valence-electron chi connectivity index (χ0n) is 28.5. The van der Waals surface area contributed by atoms with Crippen LogP contribution in [0.4, 0.5) is 0 Å². The molecule has 4 N–H and O–H groups in total. The van der Waals surface area contributed by atoms with Crippen LogP contribution in [0.15, 0.2) is 58.5 Å². The smallest absolute Gasteiger partial charge is 0.243 e. The van der Waals surface area contributed by atoms with Crippen molar-refractivity contribution in [1.29, 1.82) is 0 Å². The van der Waals surface area contributed by atoms with Crippen LogP contribution in [-0.2, 0) is 9.59 Å². The number of Topliss-reactive ketones (excluding diaryl/α,β-unsaturated/α-hetero) is 1. The van der Waals surface area contributed by atoms with E-state index in [1.165, 1.54) is 4.90 Å². The van der Waals surface area contributed by atoms with Gasteiger partial charge < -0.3 is 30.2 Å². The first-order chi connectivity index (χ1) is 22.8. The molecule has 1 aliphatic carbocycles. The maximum atomic E-state index is 14.2. The Balaban J connectivity index is 0.00000468. The lowest BCUT2D eigenvalue weighted by Gasteiger charge is -2.34. The van der Waals surface area contributed by atoms with Gasteiger partial charge in [0, 0.05) is 30.8 Å². The molecule has 2 fully saturated rings. The average Bonchev–Trinajstić information content (AvgIpc) is 3.76. The fourth-order valence-corrected chi connectivity index (χ4v) is 7.39. The van der Waals surface area contributed by atoms with Crippen LogP contribution in [0.3, 0.4) is 0 Å². The number of fused-ring (bicyclic) bond motifs is 1. The van der Waals surface area contributed by atoms with E-state index in [4.69, 9.17) is 14.9 Å². The summed E-state index contributed by atoms with van der Waals surface area (Å²) in [6.45, 7) is 9.59. The second-order valence-corrected chi connectivity index (χ2v) is 15.2. The Morgan fingerprint density at radius 3 is 2.47 bits per heavy atom. The summed E-state index contributed by atoms with van der Waals surface area (Å²) in [6, 6.07) is 14.1. The number of likely N-dealkylation sites (tertiary alicyclic amines) is 1. The van der Waals surface area contributed by atoms with Crippen LogP contribution in [-0.4, -0.2) is 63.4 Å². The van der Waals surface area contributed by atoms with Crippen LogP contribution in [0.25, 0.3) is 21.4 Å². The number of furan rings is 1. The Bertz CT molecular complexity index is 1810. The number of nitrogens with zero attached hydrogens (tertiary/aromatic N) is 2. The summed E-state index contributed by atoms with van der Waals surface area (Å²) in [6.07, 6.45) is 0.891. The van der Waals surface area contributed by atoms with E-state index in [0.29, 0.717) is 11.3 Å². The number of rotatable bonds is 10. The normalized spacial score (nSPS) is 21.8. The molecule has 1 saturated carbocycles. The van der Waals surface area contributed by atoms with Crippen molar-refractivity contribution in [3.8, 4) is 16.2 Å². The summed E-state index contributed by atoms with van der Waals surface area (Å²) in [5.74, 6) is -0.881. The molecule has 4 atom stereocenters. The minimum absolute atomic E-state index is 0. The predicted molar refractivity (Wildman–Crippen MR) is 192 cm³/mol. The molecule has 6 rings (SSSR count). The number of nitrogens with one attached hydrogen (secondary N) is 1. The summed E-state index contributed by atoms with van der Waals surface area (Å²) in [5, 5.41) is 14.4. The third-order valence-corrected chi connectivity index (χ3v) is 10.5. The average molecular weight is 709 g/mol. The van der Waals surface area contributed by atoms with Gasteiger partial charge in [-0.2, -0.15) is 0 Å². The van der Waals surface area contributed by atoms with Crippen LogP contribution in [0.5, 0.6) is 5.75 Å². The molecule has 10 nitrogen and oxygen atoms in total. The zero-order chi connectivity index (χ0) is 34.3. The molecule has 262 valence electrons. The van der Waals surface area contributed by atoms with Gasteiger partial charge in [0.05, 0.1) is 34.1 Å². The monoisotopic (exact) mass is 708 g/mol. The van der Waals surface area contributed by atoms with Crippen molar-refractivity contribution in [1.82, 2.24) is 15.2 Å². The van der Waals surface area contributed by atoms with E-state index in [1.54, 1.807) is 23.5 Å². The SMILES string of the molecule is Cc1ncsc1-c1ccc([C@H](C)NC(=O)[C@@H]2C[C@@H](O)CN2C(=O)[C@@H](CC(=O)c2cc3cc(OC4CC(N)C4)ccc3o2)C(C)(C)C)cc1.Cl. The molecule has 12 heteroatoms. The number of aromatic nitrogens is 1. The van der Waals surface area contributed by atoms with E-state index in [9.17, 15) is 19.5 Å². The zero-order valence-corrected chi connectivity index (χ0v) is 30.1. The largest absolute Gasteiger partial charge is 0.490 e. The lowest BCUT2D eigenvalue weighted by molar-refractivity contribution is -0.144. The lowest BCUT2D eigenvalue weighted by Crippen LogP contribution is -2.50. The van der Waals surface area contributed by atoms with Gasteiger partial charge in [-0.25, -0.2) is 4.98 Å². The highest BCUT2D eigenvalue weighted by molar-refractivity contribution is 7.13. The first kappa shape index (κ1) is 36.5. The standard InChI is InChI=1S/C37H44N4O6S.ClH/c1-20(22-6-8-23(9-7-22)34-21(2)39-19-48-34)40-35(44)30-16-26(42)18-41(30)36(45)29(37(3,4)5)17-31(43)33-13-24-12-27(10-11-32(24)47-33)46-28-14-25(38)15-28;/h6-13,19-20,25-26,28-30,42H,14-18,38H2,1-5H3,(H,40,44);1H/t20-,25?,26+,28?,29+,30-;/m0./s1. The second kappa shape index (κ2) is 14.6. The molecule has 1 saturated heterocycles. The Morgan fingerprint density at radius 2 is 1.84 bits per heavy atom. The van der Waals surface area contributed by atoms with Gasteiger partial charge >= 0.3 is 0 Å². The maximum absolute atomic E-state index is 14.2. The second-order valence-electron chi connectivity index (χ2n) is 14.3. The summed E-state index contributed by atoms with van der Waals surface area (Å²) in [5.41, 5.74) is 10.6. The van der Waals surface area contributed by atoms with Gasteiger partial charge in [0.2, 0.25) is 11.8 Å². The number of benzene rings is 2. The number of amides is 2. The number of thiazole rings is 1. The molecule has 49 heavy (non-hydrogen) atoms. The van der Waals surface area contributed by atoms with E-state index >= 15 is 0 Å². The predicted octanol–water partition coefficient (Wildman–Crippen LogP) is 6.23. The van der Waals surface area contributed by atoms with Gasteiger partial charge in [0.1, 0.15) is 23.5 Å². The summed E-state index contributed by atoms with van der Waals surface area (Å²) >= 11 is 1.58. The minimum atomic E-state index is -0.858. The highest BCUT2D eigenvalue weighted by Crippen LogP contribution is 2.36. The van der Waals surface area contributed by atoms with Crippen molar-refractivity contribution in [2.45, 2.75) is 90.6 Å². The molecule has 4 aromatic rings. The first-order valence-corrected chi connectivity index (χ1v) is 17.4. The van der Waals surface area contributed by atoms with Crippen molar-refractivity contribution >= 4 is 52.3 Å². The van der Waals surface area contributed by atoms with E-state index in [2.05, 4.69) is 10.3 Å². The number of β-amino-alcohol motifs (C(OH)–C–C–N with tert-alkyl or cyclic N) is 1. The van der Waals surface area contributed by atoms with Gasteiger partial charge in [-0.1, -0.05) is 45.0 Å². The number of nitrogens with two attached hydrogens (primary N) is 1. The number of aryl methyl sites for hydroxylation is 1. The van der Waals surface area contributed by atoms with Gasteiger partial charge in [-0.3, -0.25) is 14.4 Å². The summed E-state index contributed by atoms with van der Waals surface area (Å²) in [4.78, 5) is 48.2. The summed E-state index contributed by atoms with van der Waals surface area (Å²) < 4.78 is 11.9. The van der Waals surface area contributed by atoms with Crippen LogP contribution in [0.1, 0.15) is 81.2 Å². The quantitative estimate of drug-likeness (QED) is 0.164. The maximum Gasteiger partial charge on any atom is 0.243 e. The molecule has 0 unspecified atom stereocenters. The molecule has 1 aliphatic heterocycles. The van der Waals surface area contributed by atoms with Gasteiger partial charge in [-0.05, 0) is 67.5 Å². The van der Waals surface area contributed by atoms with Crippen LogP contribution < -0.4 is 15.8 Å². The molecule has 2 aromatic carbocycles. The van der Waals surface area contributed by atoms with E-state index < -0.39 is 23.5 Å². The van der Waals surface area contributed by atoms with Crippen molar-refractivity contribution in [2.75, 3.05) is 6.54 Å². The summed E-state index contributed by atoms with van der Waals surface area (Å²) in [7, 11) is 0. The topological polar surface area (TPSA) is 148 Å². The highest BCUT2D eigenvalue weighted by atomic mass is 35.5. The van der Waals surface area contributed by atoms with Crippen LogP contribution >= 0.6 is 23.7 Å². The lowest BCUT2D eigenvalue weighted by atomic mass is 9.76. The van der Waals surface area contributed by atoms with E-state index in [-0.39, 0.29) is 73.3 Å². The molecule has 0 bridgehead atoms. The molecule has 0 spiro atoms. The third kappa shape index (κ3) is 8.01. The van der Waals surface area contributed by atoms with E-state index in [0.717, 1.165) is 39.9 Å². The fraction of sp³-hybridized carbons (Fsp3) is 0.459. The van der Waals surface area contributed by atoms with Gasteiger partial charge in [0.25, 0.3) is 0 Å². The number of halogens is 1. The molecular weight excluding hydrogens is 664 g/mol. The Morgan fingerprint density at radius 1 is 1.12 bits per heavy atom. The molecule has 2 amide bonds. The molecule has 0 radical (unpaired) electrons. The number of ether oxygens (including phenoxy) is 1. The van der Waals surface area contributed by atoms with Gasteiger partial charge in [0.15, 0.2) is 11.5 Å². The number of aliphatic hydroxyl groups excluding tert-OH is 1. The van der Waals surface area contributed by atoms with Crippen molar-refractivity contribution in [3.05, 3.63) is 71.1 Å². The minimum Gasteiger partial charge on any atom is -0.490 e. The van der Waals surface area contributed by atoms with Crippen molar-refractivity contribution < 1.29 is 28.6 Å². The molecule has 2 aromatic heterocycles. The number of carbonyl (C=O) groups excluding carboxylic acids is 3. The molecule has 3 heterocycles. The Labute approximate surface area is 296 Å². The fourth-order valence-electron chi connectivity index (χ4n) is 6.58. The number of hydrogen-bond donors (Lipinski definition) is 3. The number of hydrogen-bond acceptors (Lipinski definition) is 9. The van der Waals surface area contributed by atoms with Crippen LogP contribution in [0.2, 0.25) is 0 Å². The highest BCUT2D eigenvalue weighted by Gasteiger charge is 2.45. The van der Waals surface area contributed by atoms with Crippen molar-refractivity contribution in [3.63, 3.8) is 0 Å².